The minimum absolute atomic E-state index is 0.0421. The van der Waals surface area contributed by atoms with Crippen LogP contribution in [0.15, 0.2) is 40.8 Å². The van der Waals surface area contributed by atoms with Crippen LogP contribution < -0.4 is 4.80 Å². The number of halogens is 1. The number of hydrogen-bond donors (Lipinski definition) is 1. The quantitative estimate of drug-likeness (QED) is 0.945. The Morgan fingerprint density at radius 3 is 2.74 bits per heavy atom. The molecule has 1 aromatic carbocycles. The first-order chi connectivity index (χ1) is 9.06. The van der Waals surface area contributed by atoms with E-state index in [9.17, 15) is 9.90 Å². The largest absolute Gasteiger partial charge is 0.388 e. The lowest BCUT2D eigenvalue weighted by atomic mass is 10.1. The molecule has 0 aliphatic carbocycles. The SMILES string of the molecule is Cn1ccsc1=NC(=O)CC(O)c1ccc(Cl)cc1. The second kappa shape index (κ2) is 6.14. The summed E-state index contributed by atoms with van der Waals surface area (Å²) in [7, 11) is 1.82. The molecule has 0 aliphatic rings. The lowest BCUT2D eigenvalue weighted by molar-refractivity contribution is -0.120. The van der Waals surface area contributed by atoms with Crippen molar-refractivity contribution in [1.29, 1.82) is 0 Å². The van der Waals surface area contributed by atoms with Gasteiger partial charge in [-0.3, -0.25) is 4.79 Å². The molecule has 0 aliphatic heterocycles. The van der Waals surface area contributed by atoms with E-state index in [1.54, 1.807) is 28.8 Å². The molecule has 19 heavy (non-hydrogen) atoms. The minimum atomic E-state index is -0.862. The van der Waals surface area contributed by atoms with Gasteiger partial charge in [0, 0.05) is 23.6 Å². The topological polar surface area (TPSA) is 54.6 Å². The lowest BCUT2D eigenvalue weighted by Gasteiger charge is -2.08. The first-order valence-electron chi connectivity index (χ1n) is 5.67. The number of carbonyl (C=O) groups excluding carboxylic acids is 1. The van der Waals surface area contributed by atoms with Crippen LogP contribution in [-0.2, 0) is 11.8 Å². The number of aliphatic hydroxyl groups is 1. The van der Waals surface area contributed by atoms with Gasteiger partial charge in [0.1, 0.15) is 0 Å². The molecule has 0 spiro atoms. The molecule has 0 saturated heterocycles. The zero-order valence-corrected chi connectivity index (χ0v) is 11.9. The number of nitrogens with zero attached hydrogens (tertiary/aromatic N) is 2. The maximum Gasteiger partial charge on any atom is 0.251 e. The fraction of sp³-hybridized carbons (Fsp3) is 0.231. The van der Waals surface area contributed by atoms with Crippen LogP contribution in [0.4, 0.5) is 0 Å². The molecule has 4 nitrogen and oxygen atoms in total. The molecule has 100 valence electrons. The van der Waals surface area contributed by atoms with Crippen LogP contribution in [0.3, 0.4) is 0 Å². The number of amides is 1. The highest BCUT2D eigenvalue weighted by Crippen LogP contribution is 2.19. The van der Waals surface area contributed by atoms with E-state index in [2.05, 4.69) is 4.99 Å². The number of benzene rings is 1. The molecule has 6 heteroatoms. The summed E-state index contributed by atoms with van der Waals surface area (Å²) in [4.78, 5) is 16.3. The summed E-state index contributed by atoms with van der Waals surface area (Å²) >= 11 is 7.14. The number of hydrogen-bond acceptors (Lipinski definition) is 3. The van der Waals surface area contributed by atoms with Gasteiger partial charge in [-0.15, -0.1) is 11.3 Å². The third-order valence-corrected chi connectivity index (χ3v) is 3.70. The minimum Gasteiger partial charge on any atom is -0.388 e. The predicted octanol–water partition coefficient (Wildman–Crippen LogP) is 2.29. The zero-order chi connectivity index (χ0) is 13.8. The van der Waals surface area contributed by atoms with E-state index >= 15 is 0 Å². The van der Waals surface area contributed by atoms with Crippen LogP contribution in [0.1, 0.15) is 18.1 Å². The van der Waals surface area contributed by atoms with E-state index in [1.807, 2.05) is 18.6 Å². The van der Waals surface area contributed by atoms with Crippen LogP contribution >= 0.6 is 22.9 Å². The standard InChI is InChI=1S/C13H13ClN2O2S/c1-16-6-7-19-13(16)15-12(18)8-11(17)9-2-4-10(14)5-3-9/h2-7,11,17H,8H2,1H3. The maximum absolute atomic E-state index is 11.8. The summed E-state index contributed by atoms with van der Waals surface area (Å²) in [6.45, 7) is 0. The van der Waals surface area contributed by atoms with E-state index < -0.39 is 6.10 Å². The van der Waals surface area contributed by atoms with Gasteiger partial charge in [-0.05, 0) is 17.7 Å². The van der Waals surface area contributed by atoms with Crippen LogP contribution in [0.5, 0.6) is 0 Å². The molecular formula is C13H13ClN2O2S. The third-order valence-electron chi connectivity index (χ3n) is 2.60. The van der Waals surface area contributed by atoms with E-state index in [4.69, 9.17) is 11.6 Å². The molecule has 1 atom stereocenters. The second-order valence-electron chi connectivity index (χ2n) is 4.07. The number of carbonyl (C=O) groups is 1. The monoisotopic (exact) mass is 296 g/mol. The Balaban J connectivity index is 2.07. The molecule has 1 N–H and O–H groups in total. The van der Waals surface area contributed by atoms with Gasteiger partial charge in [-0.2, -0.15) is 4.99 Å². The number of rotatable bonds is 3. The molecule has 0 radical (unpaired) electrons. The van der Waals surface area contributed by atoms with Crippen molar-refractivity contribution in [3.05, 3.63) is 51.2 Å². The van der Waals surface area contributed by atoms with E-state index in [0.29, 0.717) is 15.4 Å². The van der Waals surface area contributed by atoms with Crippen molar-refractivity contribution in [2.24, 2.45) is 12.0 Å². The van der Waals surface area contributed by atoms with Crippen molar-refractivity contribution in [2.75, 3.05) is 0 Å². The van der Waals surface area contributed by atoms with Crippen LogP contribution in [-0.4, -0.2) is 15.6 Å². The molecule has 2 aromatic rings. The first-order valence-corrected chi connectivity index (χ1v) is 6.93. The average molecular weight is 297 g/mol. The van der Waals surface area contributed by atoms with Gasteiger partial charge in [0.2, 0.25) is 0 Å². The maximum atomic E-state index is 11.8. The van der Waals surface area contributed by atoms with Gasteiger partial charge < -0.3 is 9.67 Å². The number of aryl methyl sites for hydroxylation is 1. The Labute approximate surface area is 119 Å². The summed E-state index contributed by atoms with van der Waals surface area (Å²) in [5.74, 6) is -0.347. The van der Waals surface area contributed by atoms with E-state index in [-0.39, 0.29) is 12.3 Å². The Hall–Kier alpha value is -1.43. The second-order valence-corrected chi connectivity index (χ2v) is 5.38. The summed E-state index contributed by atoms with van der Waals surface area (Å²) in [5, 5.41) is 12.4. The Bertz CT molecular complexity index is 631. The van der Waals surface area contributed by atoms with Gasteiger partial charge >= 0.3 is 0 Å². The van der Waals surface area contributed by atoms with Crippen molar-refractivity contribution in [3.63, 3.8) is 0 Å². The first kappa shape index (κ1) is 14.0. The van der Waals surface area contributed by atoms with Crippen molar-refractivity contribution < 1.29 is 9.90 Å². The van der Waals surface area contributed by atoms with Gasteiger partial charge in [-0.25, -0.2) is 0 Å². The van der Waals surface area contributed by atoms with Gasteiger partial charge in [0.25, 0.3) is 5.91 Å². The number of aromatic nitrogens is 1. The normalized spacial score (nSPS) is 13.5. The van der Waals surface area contributed by atoms with Crippen molar-refractivity contribution >= 4 is 28.8 Å². The van der Waals surface area contributed by atoms with E-state index in [0.717, 1.165) is 0 Å². The lowest BCUT2D eigenvalue weighted by Crippen LogP contribution is -2.14. The summed E-state index contributed by atoms with van der Waals surface area (Å²) in [6.07, 6.45) is 0.921. The molecule has 0 fully saturated rings. The van der Waals surface area contributed by atoms with Crippen LogP contribution in [0.25, 0.3) is 0 Å². The van der Waals surface area contributed by atoms with Crippen LogP contribution in [0.2, 0.25) is 5.02 Å². The van der Waals surface area contributed by atoms with Crippen LogP contribution in [0, 0.1) is 0 Å². The number of aliphatic hydroxyl groups excluding tert-OH is 1. The summed E-state index contributed by atoms with van der Waals surface area (Å²) < 4.78 is 1.76. The molecule has 1 unspecified atom stereocenters. The highest BCUT2D eigenvalue weighted by atomic mass is 35.5. The molecule has 2 rings (SSSR count). The van der Waals surface area contributed by atoms with E-state index in [1.165, 1.54) is 11.3 Å². The van der Waals surface area contributed by atoms with Gasteiger partial charge in [0.15, 0.2) is 4.80 Å². The number of thiazole rings is 1. The zero-order valence-electron chi connectivity index (χ0n) is 10.3. The Kier molecular flexibility index (Phi) is 4.52. The van der Waals surface area contributed by atoms with Crippen molar-refractivity contribution in [2.45, 2.75) is 12.5 Å². The van der Waals surface area contributed by atoms with Gasteiger partial charge in [0.05, 0.1) is 12.5 Å². The van der Waals surface area contributed by atoms with Gasteiger partial charge in [-0.1, -0.05) is 23.7 Å². The fourth-order valence-corrected chi connectivity index (χ4v) is 2.43. The third kappa shape index (κ3) is 3.76. The molecule has 1 aromatic heterocycles. The van der Waals surface area contributed by atoms with Crippen molar-refractivity contribution in [3.8, 4) is 0 Å². The molecular weight excluding hydrogens is 284 g/mol. The highest BCUT2D eigenvalue weighted by molar-refractivity contribution is 7.07. The predicted molar refractivity (Wildman–Crippen MR) is 74.9 cm³/mol. The highest BCUT2D eigenvalue weighted by Gasteiger charge is 2.12. The smallest absolute Gasteiger partial charge is 0.251 e. The average Bonchev–Trinajstić information content (AvgIpc) is 2.75. The Morgan fingerprint density at radius 2 is 2.16 bits per heavy atom. The summed E-state index contributed by atoms with van der Waals surface area (Å²) in [5.41, 5.74) is 0.656. The molecule has 0 saturated carbocycles. The molecule has 1 amide bonds. The molecule has 1 heterocycles. The summed E-state index contributed by atoms with van der Waals surface area (Å²) in [6, 6.07) is 6.76. The Morgan fingerprint density at radius 1 is 1.47 bits per heavy atom. The fourth-order valence-electron chi connectivity index (χ4n) is 1.56. The van der Waals surface area contributed by atoms with Crippen molar-refractivity contribution in [1.82, 2.24) is 4.57 Å². The molecule has 0 bridgehead atoms.